The Balaban J connectivity index is 0.00000312. The first-order valence-electron chi connectivity index (χ1n) is 8.55. The van der Waals surface area contributed by atoms with Gasteiger partial charge in [0.2, 0.25) is 0 Å². The molecule has 5 nitrogen and oxygen atoms in total. The largest absolute Gasteiger partial charge is 0.377 e. The first kappa shape index (κ1) is 21.5. The van der Waals surface area contributed by atoms with Crippen LogP contribution in [-0.4, -0.2) is 37.3 Å². The van der Waals surface area contributed by atoms with Gasteiger partial charge in [0.05, 0.1) is 6.61 Å². The van der Waals surface area contributed by atoms with E-state index in [9.17, 15) is 0 Å². The number of rotatable bonds is 10. The van der Waals surface area contributed by atoms with Crippen LogP contribution in [0.1, 0.15) is 18.4 Å². The molecule has 2 N–H and O–H groups in total. The van der Waals surface area contributed by atoms with Crippen LogP contribution in [0.5, 0.6) is 0 Å². The molecule has 6 heteroatoms. The number of nitrogens with zero attached hydrogens (tertiary/aromatic N) is 2. The molecule has 0 fully saturated rings. The summed E-state index contributed by atoms with van der Waals surface area (Å²) in [5.41, 5.74) is 1.22. The predicted molar refractivity (Wildman–Crippen MR) is 115 cm³/mol. The van der Waals surface area contributed by atoms with Crippen LogP contribution in [0, 0.1) is 0 Å². The molecule has 138 valence electrons. The Morgan fingerprint density at radius 2 is 1.72 bits per heavy atom. The minimum absolute atomic E-state index is 0. The summed E-state index contributed by atoms with van der Waals surface area (Å²) in [5.74, 6) is 0.854. The Morgan fingerprint density at radius 1 is 1.00 bits per heavy atom. The van der Waals surface area contributed by atoms with Gasteiger partial charge in [-0.3, -0.25) is 4.99 Å². The van der Waals surface area contributed by atoms with Crippen molar-refractivity contribution in [2.24, 2.45) is 4.99 Å². The average molecular weight is 456 g/mol. The number of aromatic nitrogens is 1. The quantitative estimate of drug-likeness (QED) is 0.250. The average Bonchev–Trinajstić information content (AvgIpc) is 3.13. The molecular formula is C19H29IN4O. The monoisotopic (exact) mass is 456 g/mol. The number of benzene rings is 1. The molecule has 0 saturated carbocycles. The lowest BCUT2D eigenvalue weighted by Crippen LogP contribution is -2.39. The van der Waals surface area contributed by atoms with Crippen LogP contribution < -0.4 is 10.6 Å². The van der Waals surface area contributed by atoms with E-state index in [0.717, 1.165) is 45.0 Å². The second-order valence-electron chi connectivity index (χ2n) is 5.59. The number of ether oxygens (including phenoxy) is 1. The van der Waals surface area contributed by atoms with Gasteiger partial charge in [0.15, 0.2) is 5.96 Å². The molecule has 0 bridgehead atoms. The molecule has 1 aromatic carbocycles. The fourth-order valence-corrected chi connectivity index (χ4v) is 2.34. The van der Waals surface area contributed by atoms with E-state index in [4.69, 9.17) is 4.74 Å². The number of aliphatic imine (C=N–C) groups is 1. The number of guanidine groups is 1. The summed E-state index contributed by atoms with van der Waals surface area (Å²) in [6.45, 7) is 4.17. The lowest BCUT2D eigenvalue weighted by Gasteiger charge is -2.12. The van der Waals surface area contributed by atoms with E-state index in [1.807, 2.05) is 30.3 Å². The number of unbranched alkanes of at least 4 members (excludes halogenated alkanes) is 1. The molecule has 2 rings (SSSR count). The van der Waals surface area contributed by atoms with E-state index in [0.29, 0.717) is 6.61 Å². The van der Waals surface area contributed by atoms with Gasteiger partial charge >= 0.3 is 0 Å². The van der Waals surface area contributed by atoms with Gasteiger partial charge in [-0.15, -0.1) is 24.0 Å². The van der Waals surface area contributed by atoms with Gasteiger partial charge in [-0.05, 0) is 30.5 Å². The molecule has 0 aliphatic carbocycles. The molecule has 1 heterocycles. The molecule has 0 amide bonds. The van der Waals surface area contributed by atoms with E-state index in [1.165, 1.54) is 5.56 Å². The number of hydrogen-bond acceptors (Lipinski definition) is 2. The molecule has 0 aliphatic heterocycles. The molecule has 0 unspecified atom stereocenters. The molecule has 25 heavy (non-hydrogen) atoms. The third-order valence-corrected chi connectivity index (χ3v) is 3.67. The minimum Gasteiger partial charge on any atom is -0.377 e. The molecule has 0 spiro atoms. The van der Waals surface area contributed by atoms with Crippen molar-refractivity contribution in [3.8, 4) is 0 Å². The molecule has 0 saturated heterocycles. The molecule has 0 radical (unpaired) electrons. The number of nitrogens with one attached hydrogen (secondary N) is 2. The minimum atomic E-state index is 0. The van der Waals surface area contributed by atoms with Crippen molar-refractivity contribution in [2.75, 3.05) is 26.7 Å². The van der Waals surface area contributed by atoms with Crippen LogP contribution in [0.2, 0.25) is 0 Å². The van der Waals surface area contributed by atoms with Crippen LogP contribution in [0.3, 0.4) is 0 Å². The SMILES string of the molecule is CN=C(NCCCCOCc1ccccc1)NCCn1cccc1.I. The Bertz CT molecular complexity index is 572. The van der Waals surface area contributed by atoms with Gasteiger partial charge in [-0.1, -0.05) is 30.3 Å². The van der Waals surface area contributed by atoms with Crippen molar-refractivity contribution < 1.29 is 4.74 Å². The Hall–Kier alpha value is -1.54. The zero-order valence-electron chi connectivity index (χ0n) is 14.9. The maximum absolute atomic E-state index is 5.68. The first-order chi connectivity index (χ1) is 11.9. The molecule has 2 aromatic rings. The fourth-order valence-electron chi connectivity index (χ4n) is 2.34. The van der Waals surface area contributed by atoms with Crippen molar-refractivity contribution in [3.63, 3.8) is 0 Å². The summed E-state index contributed by atoms with van der Waals surface area (Å²) in [4.78, 5) is 4.23. The van der Waals surface area contributed by atoms with E-state index in [-0.39, 0.29) is 24.0 Å². The number of hydrogen-bond donors (Lipinski definition) is 2. The standard InChI is InChI=1S/C19H28N4O.HI/c1-20-19(22-12-15-23-13-6-7-14-23)21-11-5-8-16-24-17-18-9-3-2-4-10-18;/h2-4,6-7,9-10,13-14H,5,8,11-12,15-17H2,1H3,(H2,20,21,22);1H. The van der Waals surface area contributed by atoms with Crippen molar-refractivity contribution in [1.82, 2.24) is 15.2 Å². The lowest BCUT2D eigenvalue weighted by molar-refractivity contribution is 0.117. The van der Waals surface area contributed by atoms with E-state index >= 15 is 0 Å². The summed E-state index contributed by atoms with van der Waals surface area (Å²) in [6, 6.07) is 14.3. The summed E-state index contributed by atoms with van der Waals surface area (Å²) < 4.78 is 7.83. The topological polar surface area (TPSA) is 50.6 Å². The van der Waals surface area contributed by atoms with Crippen molar-refractivity contribution in [2.45, 2.75) is 26.0 Å². The fraction of sp³-hybridized carbons (Fsp3) is 0.421. The van der Waals surface area contributed by atoms with Gasteiger partial charge in [0.25, 0.3) is 0 Å². The van der Waals surface area contributed by atoms with Gasteiger partial charge in [-0.25, -0.2) is 0 Å². The molecular weight excluding hydrogens is 427 g/mol. The summed E-state index contributed by atoms with van der Waals surface area (Å²) in [5, 5.41) is 6.65. The highest BCUT2D eigenvalue weighted by Crippen LogP contribution is 2.01. The van der Waals surface area contributed by atoms with E-state index in [1.54, 1.807) is 7.05 Å². The molecule has 1 aromatic heterocycles. The Labute approximate surface area is 167 Å². The van der Waals surface area contributed by atoms with Crippen molar-refractivity contribution in [1.29, 1.82) is 0 Å². The Kier molecular flexibility index (Phi) is 11.8. The molecule has 0 aliphatic rings. The van der Waals surface area contributed by atoms with Crippen LogP contribution in [0.15, 0.2) is 59.9 Å². The van der Waals surface area contributed by atoms with E-state index < -0.39 is 0 Å². The van der Waals surface area contributed by atoms with Crippen LogP contribution >= 0.6 is 24.0 Å². The third kappa shape index (κ3) is 9.50. The zero-order chi connectivity index (χ0) is 16.9. The van der Waals surface area contributed by atoms with Crippen LogP contribution in [0.25, 0.3) is 0 Å². The maximum Gasteiger partial charge on any atom is 0.191 e. The van der Waals surface area contributed by atoms with Crippen LogP contribution in [0.4, 0.5) is 0 Å². The second kappa shape index (κ2) is 13.7. The lowest BCUT2D eigenvalue weighted by atomic mass is 10.2. The maximum atomic E-state index is 5.68. The van der Waals surface area contributed by atoms with Crippen LogP contribution in [-0.2, 0) is 17.9 Å². The summed E-state index contributed by atoms with van der Waals surface area (Å²) in [7, 11) is 1.80. The summed E-state index contributed by atoms with van der Waals surface area (Å²) >= 11 is 0. The number of halogens is 1. The predicted octanol–water partition coefficient (Wildman–Crippen LogP) is 3.27. The highest BCUT2D eigenvalue weighted by molar-refractivity contribution is 14.0. The highest BCUT2D eigenvalue weighted by atomic mass is 127. The zero-order valence-corrected chi connectivity index (χ0v) is 17.2. The van der Waals surface area contributed by atoms with Gasteiger partial charge < -0.3 is 19.9 Å². The van der Waals surface area contributed by atoms with Gasteiger partial charge in [0, 0.05) is 45.7 Å². The highest BCUT2D eigenvalue weighted by Gasteiger charge is 1.97. The van der Waals surface area contributed by atoms with Gasteiger partial charge in [0.1, 0.15) is 0 Å². The van der Waals surface area contributed by atoms with Crippen molar-refractivity contribution >= 4 is 29.9 Å². The summed E-state index contributed by atoms with van der Waals surface area (Å²) in [6.07, 6.45) is 6.23. The van der Waals surface area contributed by atoms with E-state index in [2.05, 4.69) is 44.7 Å². The second-order valence-corrected chi connectivity index (χ2v) is 5.59. The normalized spacial score (nSPS) is 11.0. The smallest absolute Gasteiger partial charge is 0.191 e. The molecule has 0 atom stereocenters. The van der Waals surface area contributed by atoms with Gasteiger partial charge in [-0.2, -0.15) is 0 Å². The Morgan fingerprint density at radius 3 is 2.44 bits per heavy atom. The first-order valence-corrected chi connectivity index (χ1v) is 8.55. The van der Waals surface area contributed by atoms with Crippen molar-refractivity contribution in [3.05, 3.63) is 60.4 Å². The third-order valence-electron chi connectivity index (χ3n) is 3.67.